The van der Waals surface area contributed by atoms with Gasteiger partial charge in [-0.25, -0.2) is 23.4 Å². The second-order valence-electron chi connectivity index (χ2n) is 10.4. The topological polar surface area (TPSA) is 90.8 Å². The number of anilines is 3. The molecule has 0 saturated carbocycles. The molecule has 1 atom stereocenters. The first kappa shape index (κ1) is 27.7. The molecule has 6 rings (SSSR count). The van der Waals surface area contributed by atoms with Crippen LogP contribution in [0.25, 0.3) is 22.2 Å². The highest BCUT2D eigenvalue weighted by Crippen LogP contribution is 2.39. The molecule has 1 aliphatic rings. The van der Waals surface area contributed by atoms with Crippen LogP contribution in [0.1, 0.15) is 23.6 Å². The van der Waals surface area contributed by atoms with Gasteiger partial charge in [0.05, 0.1) is 34.9 Å². The summed E-state index contributed by atoms with van der Waals surface area (Å²) in [5.74, 6) is 0.439. The zero-order valence-electron chi connectivity index (χ0n) is 23.4. The van der Waals surface area contributed by atoms with Crippen molar-refractivity contribution >= 4 is 55.6 Å². The first-order valence-electron chi connectivity index (χ1n) is 13.4. The number of halogens is 1. The van der Waals surface area contributed by atoms with E-state index in [4.69, 9.17) is 26.7 Å². The Bertz CT molecular complexity index is 1910. The monoisotopic (exact) mass is 596 g/mol. The van der Waals surface area contributed by atoms with E-state index in [1.807, 2.05) is 79.8 Å². The van der Waals surface area contributed by atoms with Crippen LogP contribution < -0.4 is 14.6 Å². The number of para-hydroxylation sites is 1. The summed E-state index contributed by atoms with van der Waals surface area (Å²) in [7, 11) is 0.512. The summed E-state index contributed by atoms with van der Waals surface area (Å²) in [5, 5.41) is 8.34. The smallest absolute Gasteiger partial charge is 0.247 e. The van der Waals surface area contributed by atoms with E-state index in [0.29, 0.717) is 28.6 Å². The van der Waals surface area contributed by atoms with Gasteiger partial charge in [-0.05, 0) is 42.0 Å². The highest BCUT2D eigenvalue weighted by atomic mass is 35.5. The number of nitrogens with zero attached hydrogens (tertiary/aromatic N) is 5. The molecule has 1 aromatic heterocycles. The van der Waals surface area contributed by atoms with Gasteiger partial charge in [0.25, 0.3) is 0 Å². The molecule has 8 nitrogen and oxygen atoms in total. The van der Waals surface area contributed by atoms with Gasteiger partial charge in [-0.1, -0.05) is 72.3 Å². The van der Waals surface area contributed by atoms with Crippen LogP contribution in [-0.2, 0) is 10.0 Å². The Morgan fingerprint density at radius 1 is 0.905 bits per heavy atom. The molecule has 212 valence electrons. The summed E-state index contributed by atoms with van der Waals surface area (Å²) in [6.45, 7) is 0. The summed E-state index contributed by atoms with van der Waals surface area (Å²) in [4.78, 5) is 12.1. The molecule has 0 unspecified atom stereocenters. The zero-order valence-corrected chi connectivity index (χ0v) is 24.9. The molecule has 0 amide bonds. The Hall–Kier alpha value is -4.47. The van der Waals surface area contributed by atoms with E-state index in [9.17, 15) is 8.42 Å². The Balaban J connectivity index is 1.53. The maximum atomic E-state index is 12.2. The molecule has 0 radical (unpaired) electrons. The third kappa shape index (κ3) is 5.66. The van der Waals surface area contributed by atoms with Crippen molar-refractivity contribution in [3.05, 3.63) is 113 Å². The van der Waals surface area contributed by atoms with Crippen LogP contribution in [-0.4, -0.2) is 44.4 Å². The largest absolute Gasteiger partial charge is 0.378 e. The van der Waals surface area contributed by atoms with Gasteiger partial charge in [0.2, 0.25) is 16.0 Å². The molecule has 1 aliphatic heterocycles. The number of hydrogen-bond donors (Lipinski definition) is 1. The summed E-state index contributed by atoms with van der Waals surface area (Å²) >= 11 is 6.39. The van der Waals surface area contributed by atoms with Gasteiger partial charge in [0.15, 0.2) is 0 Å². The van der Waals surface area contributed by atoms with E-state index < -0.39 is 10.0 Å². The van der Waals surface area contributed by atoms with Crippen molar-refractivity contribution in [2.75, 3.05) is 35.0 Å². The highest BCUT2D eigenvalue weighted by Gasteiger charge is 2.33. The van der Waals surface area contributed by atoms with Crippen LogP contribution in [0.15, 0.2) is 102 Å². The van der Waals surface area contributed by atoms with Gasteiger partial charge in [-0.2, -0.15) is 5.10 Å². The molecular weight excluding hydrogens is 568 g/mol. The van der Waals surface area contributed by atoms with Crippen molar-refractivity contribution in [1.82, 2.24) is 9.97 Å². The van der Waals surface area contributed by atoms with E-state index in [1.165, 1.54) is 0 Å². The van der Waals surface area contributed by atoms with Crippen molar-refractivity contribution in [1.29, 1.82) is 0 Å². The Kier molecular flexibility index (Phi) is 7.30. The lowest BCUT2D eigenvalue weighted by Gasteiger charge is -2.23. The second-order valence-corrected chi connectivity index (χ2v) is 12.6. The van der Waals surface area contributed by atoms with E-state index in [2.05, 4.69) is 33.9 Å². The van der Waals surface area contributed by atoms with Crippen LogP contribution in [0.5, 0.6) is 0 Å². The molecule has 10 heteroatoms. The van der Waals surface area contributed by atoms with Gasteiger partial charge in [0, 0.05) is 47.7 Å². The van der Waals surface area contributed by atoms with Gasteiger partial charge >= 0.3 is 0 Å². The van der Waals surface area contributed by atoms with Crippen LogP contribution in [0, 0.1) is 0 Å². The number of sulfonamides is 1. The minimum atomic E-state index is -3.50. The van der Waals surface area contributed by atoms with Crippen molar-refractivity contribution in [3.8, 4) is 11.3 Å². The first-order valence-corrected chi connectivity index (χ1v) is 15.7. The van der Waals surface area contributed by atoms with Gasteiger partial charge in [-0.3, -0.25) is 4.72 Å². The van der Waals surface area contributed by atoms with Crippen molar-refractivity contribution in [2.45, 2.75) is 12.5 Å². The van der Waals surface area contributed by atoms with Gasteiger partial charge in [0.1, 0.15) is 0 Å². The Morgan fingerprint density at radius 2 is 1.62 bits per heavy atom. The van der Waals surface area contributed by atoms with Crippen LogP contribution >= 0.6 is 11.6 Å². The quantitative estimate of drug-likeness (QED) is 0.224. The second kappa shape index (κ2) is 11.1. The van der Waals surface area contributed by atoms with Gasteiger partial charge in [-0.15, -0.1) is 0 Å². The fourth-order valence-corrected chi connectivity index (χ4v) is 5.89. The fourth-order valence-electron chi connectivity index (χ4n) is 5.14. The third-order valence-electron chi connectivity index (χ3n) is 7.14. The summed E-state index contributed by atoms with van der Waals surface area (Å²) in [6, 6.07) is 30.9. The first-order chi connectivity index (χ1) is 20.2. The predicted octanol–water partition coefficient (Wildman–Crippen LogP) is 6.74. The van der Waals surface area contributed by atoms with E-state index in [-0.39, 0.29) is 6.04 Å². The standard InChI is InChI=1S/C32H29ClN6O2S/c1-38(2)24-16-13-21(14-17-24)30-20-29(25-11-7-8-12-28(25)37-42(3,40)41)36-39(30)32-34-27-18-15-23(33)19-26(27)31(35-32)22-9-5-4-6-10-22/h4-19,30,37H,20H2,1-3H3/t30-/m1/s1. The minimum absolute atomic E-state index is 0.226. The van der Waals surface area contributed by atoms with Crippen LogP contribution in [0.3, 0.4) is 0 Å². The number of nitrogens with one attached hydrogen (secondary N) is 1. The average molecular weight is 597 g/mol. The number of hydrogen-bond acceptors (Lipinski definition) is 7. The molecule has 1 N–H and O–H groups in total. The maximum absolute atomic E-state index is 12.2. The van der Waals surface area contributed by atoms with E-state index in [0.717, 1.165) is 45.4 Å². The molecule has 5 aromatic rings. The maximum Gasteiger partial charge on any atom is 0.247 e. The number of rotatable bonds is 7. The van der Waals surface area contributed by atoms with Crippen LogP contribution in [0.4, 0.5) is 17.3 Å². The number of hydrazone groups is 1. The SMILES string of the molecule is CN(C)c1ccc([C@H]2CC(c3ccccc3NS(C)(=O)=O)=NN2c2nc(-c3ccccc3)c3cc(Cl)ccc3n2)cc1. The minimum Gasteiger partial charge on any atom is -0.378 e. The Morgan fingerprint density at radius 3 is 2.33 bits per heavy atom. The van der Waals surface area contributed by atoms with Crippen molar-refractivity contribution < 1.29 is 8.42 Å². The molecule has 0 spiro atoms. The lowest BCUT2D eigenvalue weighted by Crippen LogP contribution is -2.21. The normalized spacial score (nSPS) is 15.1. The third-order valence-corrected chi connectivity index (χ3v) is 7.96. The summed E-state index contributed by atoms with van der Waals surface area (Å²) in [6.07, 6.45) is 1.66. The lowest BCUT2D eigenvalue weighted by molar-refractivity contribution is 0.607. The molecule has 0 bridgehead atoms. The average Bonchev–Trinajstić information content (AvgIpc) is 3.42. The zero-order chi connectivity index (χ0) is 29.4. The predicted molar refractivity (Wildman–Crippen MR) is 172 cm³/mol. The van der Waals surface area contributed by atoms with Crippen molar-refractivity contribution in [2.24, 2.45) is 5.10 Å². The molecule has 0 aliphatic carbocycles. The molecule has 4 aromatic carbocycles. The molecule has 2 heterocycles. The Labute approximate surface area is 250 Å². The number of aromatic nitrogens is 2. The van der Waals surface area contributed by atoms with Crippen molar-refractivity contribution in [3.63, 3.8) is 0 Å². The van der Waals surface area contributed by atoms with Crippen LogP contribution in [0.2, 0.25) is 5.02 Å². The summed E-state index contributed by atoms with van der Waals surface area (Å²) < 4.78 is 26.9. The lowest BCUT2D eigenvalue weighted by atomic mass is 9.97. The van der Waals surface area contributed by atoms with E-state index >= 15 is 0 Å². The highest BCUT2D eigenvalue weighted by molar-refractivity contribution is 7.92. The fraction of sp³-hybridized carbons (Fsp3) is 0.156. The number of fused-ring (bicyclic) bond motifs is 1. The number of benzene rings is 4. The van der Waals surface area contributed by atoms with E-state index in [1.54, 1.807) is 12.1 Å². The molecular formula is C32H29ClN6O2S. The van der Waals surface area contributed by atoms with Gasteiger partial charge < -0.3 is 4.90 Å². The summed E-state index contributed by atoms with van der Waals surface area (Å²) in [5.41, 5.74) is 6.45. The molecule has 0 saturated heterocycles. The molecule has 42 heavy (non-hydrogen) atoms. The molecule has 0 fully saturated rings.